The molecule has 11 heteroatoms. The Morgan fingerprint density at radius 2 is 1.38 bits per heavy atom. The average Bonchev–Trinajstić information content (AvgIpc) is 2.25. The van der Waals surface area contributed by atoms with E-state index >= 15 is 0 Å². The first-order valence-corrected chi connectivity index (χ1v) is 7.69. The summed E-state index contributed by atoms with van der Waals surface area (Å²) in [6.45, 7) is 0. The van der Waals surface area contributed by atoms with Gasteiger partial charge in [0.25, 0.3) is 20.2 Å². The van der Waals surface area contributed by atoms with Crippen molar-refractivity contribution in [3.8, 4) is 5.75 Å². The molecule has 0 spiro atoms. The number of hydrogen-bond donors (Lipinski definition) is 3. The first kappa shape index (κ1) is 21.3. The second-order valence-electron chi connectivity index (χ2n) is 3.74. The molecular formula is C10H10Na2O7S2. The van der Waals surface area contributed by atoms with E-state index in [0.717, 1.165) is 18.2 Å². The Hall–Kier alpha value is 0.320. The number of benzene rings is 2. The molecule has 0 saturated carbocycles. The topological polar surface area (TPSA) is 129 Å². The summed E-state index contributed by atoms with van der Waals surface area (Å²) < 4.78 is 62.4. The van der Waals surface area contributed by atoms with Crippen molar-refractivity contribution in [2.45, 2.75) is 9.79 Å². The van der Waals surface area contributed by atoms with Crippen molar-refractivity contribution in [3.63, 3.8) is 0 Å². The normalized spacial score (nSPS) is 11.5. The third-order valence-corrected chi connectivity index (χ3v) is 4.23. The van der Waals surface area contributed by atoms with Crippen LogP contribution in [-0.2, 0) is 20.2 Å². The van der Waals surface area contributed by atoms with Crippen LogP contribution in [0.15, 0.2) is 40.1 Å². The molecule has 21 heavy (non-hydrogen) atoms. The molecule has 0 aliphatic heterocycles. The molecule has 2 aromatic rings. The molecule has 0 radical (unpaired) electrons. The van der Waals surface area contributed by atoms with Crippen molar-refractivity contribution < 1.29 is 31.0 Å². The number of hydrogen-bond acceptors (Lipinski definition) is 5. The van der Waals surface area contributed by atoms with E-state index in [9.17, 15) is 21.9 Å². The standard InChI is InChI=1S/C10H8O7S2.2Na.2H/c11-9-5-6(18(12,13)14)4-8-7(9)2-1-3-10(8)19(15,16)17;;;;/h1-5,11H,(H,12,13,14)(H,15,16,17);;;;. The Balaban J connectivity index is 0.00000200. The number of phenols is 1. The molecule has 0 heterocycles. The summed E-state index contributed by atoms with van der Waals surface area (Å²) in [5.74, 6) is -0.532. The molecule has 0 atom stereocenters. The summed E-state index contributed by atoms with van der Waals surface area (Å²) in [6, 6.07) is 5.30. The molecular weight excluding hydrogens is 342 g/mol. The zero-order valence-electron chi connectivity index (χ0n) is 9.18. The van der Waals surface area contributed by atoms with Crippen molar-refractivity contribution in [3.05, 3.63) is 30.3 Å². The second kappa shape index (κ2) is 7.26. The first-order chi connectivity index (χ1) is 8.60. The van der Waals surface area contributed by atoms with Crippen LogP contribution < -0.4 is 0 Å². The molecule has 0 fully saturated rings. The second-order valence-corrected chi connectivity index (χ2v) is 6.56. The molecule has 3 N–H and O–H groups in total. The third-order valence-electron chi connectivity index (χ3n) is 2.48. The van der Waals surface area contributed by atoms with E-state index in [1.807, 2.05) is 0 Å². The van der Waals surface area contributed by atoms with Crippen molar-refractivity contribution in [2.75, 3.05) is 0 Å². The van der Waals surface area contributed by atoms with Gasteiger partial charge in [-0.25, -0.2) is 0 Å². The van der Waals surface area contributed by atoms with E-state index in [0.29, 0.717) is 0 Å². The zero-order valence-corrected chi connectivity index (χ0v) is 10.8. The van der Waals surface area contributed by atoms with Gasteiger partial charge < -0.3 is 5.11 Å². The van der Waals surface area contributed by atoms with Gasteiger partial charge in [-0.3, -0.25) is 9.11 Å². The molecule has 0 bridgehead atoms. The van der Waals surface area contributed by atoms with Crippen LogP contribution in [0.2, 0.25) is 0 Å². The van der Waals surface area contributed by atoms with Crippen molar-refractivity contribution >= 4 is 90.1 Å². The number of phenolic OH excluding ortho intramolecular Hbond substituents is 1. The van der Waals surface area contributed by atoms with Gasteiger partial charge in [0, 0.05) is 16.8 Å². The third kappa shape index (κ3) is 4.64. The van der Waals surface area contributed by atoms with Crippen LogP contribution in [0.25, 0.3) is 10.8 Å². The SMILES string of the molecule is O=S(=O)(O)c1cc(O)c2cccc(S(=O)(=O)O)c2c1.[NaH].[NaH]. The van der Waals surface area contributed by atoms with Crippen LogP contribution in [0.5, 0.6) is 5.75 Å². The van der Waals surface area contributed by atoms with Gasteiger partial charge in [0.1, 0.15) is 10.6 Å². The van der Waals surface area contributed by atoms with E-state index in [1.165, 1.54) is 12.1 Å². The Bertz CT molecular complexity index is 876. The minimum absolute atomic E-state index is 0. The predicted molar refractivity (Wildman–Crippen MR) is 79.5 cm³/mol. The van der Waals surface area contributed by atoms with Gasteiger partial charge in [-0.05, 0) is 12.1 Å². The molecule has 0 aliphatic rings. The van der Waals surface area contributed by atoms with E-state index < -0.39 is 35.8 Å². The fourth-order valence-corrected chi connectivity index (χ4v) is 2.91. The van der Waals surface area contributed by atoms with Gasteiger partial charge in [0.05, 0.1) is 4.90 Å². The molecule has 0 saturated heterocycles. The Labute approximate surface area is 165 Å². The predicted octanol–water partition coefficient (Wildman–Crippen LogP) is -0.258. The fraction of sp³-hybridized carbons (Fsp3) is 0. The molecule has 0 unspecified atom stereocenters. The molecule has 7 nitrogen and oxygen atoms in total. The van der Waals surface area contributed by atoms with Gasteiger partial charge in [0.15, 0.2) is 0 Å². The van der Waals surface area contributed by atoms with E-state index in [2.05, 4.69) is 0 Å². The summed E-state index contributed by atoms with van der Waals surface area (Å²) in [7, 11) is -9.21. The summed E-state index contributed by atoms with van der Waals surface area (Å²) >= 11 is 0. The molecule has 106 valence electrons. The minimum atomic E-state index is -4.62. The molecule has 0 aromatic heterocycles. The van der Waals surface area contributed by atoms with E-state index in [1.54, 1.807) is 0 Å². The summed E-state index contributed by atoms with van der Waals surface area (Å²) in [4.78, 5) is -1.24. The Morgan fingerprint density at radius 3 is 1.86 bits per heavy atom. The van der Waals surface area contributed by atoms with Crippen molar-refractivity contribution in [1.82, 2.24) is 0 Å². The number of fused-ring (bicyclic) bond motifs is 1. The van der Waals surface area contributed by atoms with Crippen LogP contribution >= 0.6 is 0 Å². The monoisotopic (exact) mass is 352 g/mol. The maximum atomic E-state index is 11.2. The first-order valence-electron chi connectivity index (χ1n) is 4.81. The zero-order chi connectivity index (χ0) is 14.4. The quantitative estimate of drug-likeness (QED) is 0.502. The summed E-state index contributed by atoms with van der Waals surface area (Å²) in [5.41, 5.74) is 0. The molecule has 2 aromatic carbocycles. The summed E-state index contributed by atoms with van der Waals surface area (Å²) in [5, 5.41) is 9.47. The van der Waals surface area contributed by atoms with Crippen LogP contribution in [0.1, 0.15) is 0 Å². The molecule has 2 rings (SSSR count). The van der Waals surface area contributed by atoms with Crippen LogP contribution in [0.3, 0.4) is 0 Å². The van der Waals surface area contributed by atoms with Crippen LogP contribution in [0, 0.1) is 0 Å². The Morgan fingerprint density at radius 1 is 0.810 bits per heavy atom. The maximum absolute atomic E-state index is 11.2. The Kier molecular flexibility index (Phi) is 7.37. The van der Waals surface area contributed by atoms with Gasteiger partial charge >= 0.3 is 59.1 Å². The summed E-state index contributed by atoms with van der Waals surface area (Å²) in [6.07, 6.45) is 0. The van der Waals surface area contributed by atoms with Crippen molar-refractivity contribution in [2.24, 2.45) is 0 Å². The molecule has 0 amide bonds. The van der Waals surface area contributed by atoms with E-state index in [-0.39, 0.29) is 69.9 Å². The van der Waals surface area contributed by atoms with E-state index in [4.69, 9.17) is 9.11 Å². The van der Waals surface area contributed by atoms with Gasteiger partial charge in [0.2, 0.25) is 0 Å². The van der Waals surface area contributed by atoms with Gasteiger partial charge in [-0.2, -0.15) is 16.8 Å². The van der Waals surface area contributed by atoms with Gasteiger partial charge in [-0.1, -0.05) is 12.1 Å². The van der Waals surface area contributed by atoms with Crippen LogP contribution in [0.4, 0.5) is 0 Å². The average molecular weight is 352 g/mol. The van der Waals surface area contributed by atoms with Crippen molar-refractivity contribution in [1.29, 1.82) is 0 Å². The van der Waals surface area contributed by atoms with Gasteiger partial charge in [-0.15, -0.1) is 0 Å². The molecule has 0 aliphatic carbocycles. The number of aromatic hydroxyl groups is 1. The van der Waals surface area contributed by atoms with Crippen LogP contribution in [-0.4, -0.2) is 90.2 Å². The number of rotatable bonds is 2. The fourth-order valence-electron chi connectivity index (χ4n) is 1.69.